The third-order valence-electron chi connectivity index (χ3n) is 1.15. The van der Waals surface area contributed by atoms with E-state index in [-0.39, 0.29) is 0 Å². The minimum Gasteiger partial charge on any atom is -0.248 e. The Kier molecular flexibility index (Phi) is 2.07. The van der Waals surface area contributed by atoms with E-state index < -0.39 is 0 Å². The molecule has 0 unspecified atom stereocenters. The van der Waals surface area contributed by atoms with Gasteiger partial charge in [0.25, 0.3) is 0 Å². The summed E-state index contributed by atoms with van der Waals surface area (Å²) in [6.45, 7) is 5.55. The molecule has 0 bridgehead atoms. The molecule has 1 rings (SSSR count). The zero-order valence-corrected chi connectivity index (χ0v) is 6.02. The lowest BCUT2D eigenvalue weighted by Crippen LogP contribution is -1.87. The molecule has 1 heterocycles. The molecule has 0 N–H and O–H groups in total. The molecule has 1 aliphatic heterocycles. The van der Waals surface area contributed by atoms with Crippen LogP contribution in [0.2, 0.25) is 0 Å². The minimum atomic E-state index is 0.776. The number of allylic oxidation sites excluding steroid dienone is 2. The second-order valence-electron chi connectivity index (χ2n) is 2.11. The summed E-state index contributed by atoms with van der Waals surface area (Å²) in [7, 11) is 0. The average Bonchev–Trinajstić information content (AvgIpc) is 1.88. The molecular formula is C9H9N. The van der Waals surface area contributed by atoms with E-state index in [4.69, 9.17) is 0 Å². The fraction of sp³-hybridized carbons (Fsp3) is 0.222. The third-order valence-corrected chi connectivity index (χ3v) is 1.15. The van der Waals surface area contributed by atoms with Crippen molar-refractivity contribution in [1.29, 1.82) is 0 Å². The summed E-state index contributed by atoms with van der Waals surface area (Å²) in [4.78, 5) is 4.20. The number of aliphatic imine (C=N–C) groups is 1. The molecule has 1 aliphatic rings. The summed E-state index contributed by atoms with van der Waals surface area (Å²) in [6, 6.07) is 0. The predicted octanol–water partition coefficient (Wildman–Crippen LogP) is 2.23. The van der Waals surface area contributed by atoms with Crippen molar-refractivity contribution < 1.29 is 0 Å². The molecule has 0 saturated carbocycles. The lowest BCUT2D eigenvalue weighted by molar-refractivity contribution is 1.17. The minimum absolute atomic E-state index is 0.776. The van der Waals surface area contributed by atoms with E-state index in [1.807, 2.05) is 19.1 Å². The van der Waals surface area contributed by atoms with Crippen LogP contribution in [0, 0.1) is 0 Å². The van der Waals surface area contributed by atoms with Crippen LogP contribution in [-0.2, 0) is 0 Å². The zero-order valence-electron chi connectivity index (χ0n) is 6.02. The Balaban J connectivity index is 2.87. The summed E-state index contributed by atoms with van der Waals surface area (Å²) in [5.41, 5.74) is 7.68. The fourth-order valence-electron chi connectivity index (χ4n) is 0.730. The molecular weight excluding hydrogens is 122 g/mol. The van der Waals surface area contributed by atoms with Gasteiger partial charge in [0.15, 0.2) is 0 Å². The zero-order chi connectivity index (χ0) is 7.40. The van der Waals surface area contributed by atoms with Crippen LogP contribution in [0.15, 0.2) is 40.9 Å². The molecule has 0 saturated heterocycles. The van der Waals surface area contributed by atoms with Crippen molar-refractivity contribution in [2.75, 3.05) is 0 Å². The first-order valence-corrected chi connectivity index (χ1v) is 3.19. The van der Waals surface area contributed by atoms with Crippen LogP contribution in [0.25, 0.3) is 0 Å². The second-order valence-corrected chi connectivity index (χ2v) is 2.11. The van der Waals surface area contributed by atoms with Crippen molar-refractivity contribution in [3.63, 3.8) is 0 Å². The van der Waals surface area contributed by atoms with Crippen LogP contribution in [0.4, 0.5) is 0 Å². The Morgan fingerprint density at radius 2 is 2.60 bits per heavy atom. The highest BCUT2D eigenvalue weighted by Crippen LogP contribution is 2.04. The van der Waals surface area contributed by atoms with Crippen molar-refractivity contribution in [3.05, 3.63) is 35.9 Å². The van der Waals surface area contributed by atoms with Crippen LogP contribution in [-0.4, -0.2) is 5.71 Å². The molecule has 0 aliphatic carbocycles. The average molecular weight is 131 g/mol. The van der Waals surface area contributed by atoms with Crippen molar-refractivity contribution >= 4 is 5.71 Å². The lowest BCUT2D eigenvalue weighted by atomic mass is 10.3. The van der Waals surface area contributed by atoms with Crippen molar-refractivity contribution in [2.45, 2.75) is 13.3 Å². The van der Waals surface area contributed by atoms with E-state index in [0.717, 1.165) is 17.8 Å². The first-order chi connectivity index (χ1) is 4.83. The van der Waals surface area contributed by atoms with E-state index in [1.165, 1.54) is 0 Å². The van der Waals surface area contributed by atoms with Gasteiger partial charge in [0.2, 0.25) is 0 Å². The monoisotopic (exact) mass is 131 g/mol. The SMILES string of the molecule is C=CCC1=C=C=CC(C)=N1. The first kappa shape index (κ1) is 6.82. The molecule has 10 heavy (non-hydrogen) atoms. The van der Waals surface area contributed by atoms with Gasteiger partial charge in [0, 0.05) is 18.2 Å². The van der Waals surface area contributed by atoms with Gasteiger partial charge in [-0.2, -0.15) is 0 Å². The third kappa shape index (κ3) is 1.60. The summed E-state index contributed by atoms with van der Waals surface area (Å²) < 4.78 is 0. The fourth-order valence-corrected chi connectivity index (χ4v) is 0.730. The van der Waals surface area contributed by atoms with Gasteiger partial charge >= 0.3 is 0 Å². The molecule has 0 aromatic heterocycles. The molecule has 1 heteroatoms. The Morgan fingerprint density at radius 1 is 1.80 bits per heavy atom. The van der Waals surface area contributed by atoms with Gasteiger partial charge in [0.05, 0.1) is 5.70 Å². The maximum absolute atomic E-state index is 4.20. The Labute approximate surface area is 60.8 Å². The molecule has 0 aromatic carbocycles. The molecule has 50 valence electrons. The van der Waals surface area contributed by atoms with Gasteiger partial charge in [-0.3, -0.25) is 0 Å². The van der Waals surface area contributed by atoms with Gasteiger partial charge in [-0.25, -0.2) is 4.99 Å². The van der Waals surface area contributed by atoms with Gasteiger partial charge in [-0.15, -0.1) is 6.58 Å². The Bertz CT molecular complexity index is 269. The van der Waals surface area contributed by atoms with Gasteiger partial charge in [0.1, 0.15) is 0 Å². The first-order valence-electron chi connectivity index (χ1n) is 3.19. The van der Waals surface area contributed by atoms with Crippen LogP contribution in [0.5, 0.6) is 0 Å². The molecule has 0 atom stereocenters. The Hall–Kier alpha value is -1.29. The number of hydrogen-bond donors (Lipinski definition) is 0. The van der Waals surface area contributed by atoms with Gasteiger partial charge in [-0.05, 0) is 12.7 Å². The van der Waals surface area contributed by atoms with Gasteiger partial charge in [-0.1, -0.05) is 11.8 Å². The largest absolute Gasteiger partial charge is 0.248 e. The van der Waals surface area contributed by atoms with E-state index >= 15 is 0 Å². The number of rotatable bonds is 2. The molecule has 0 amide bonds. The number of nitrogens with zero attached hydrogens (tertiary/aromatic N) is 1. The lowest BCUT2D eigenvalue weighted by Gasteiger charge is -1.95. The van der Waals surface area contributed by atoms with E-state index in [2.05, 4.69) is 23.0 Å². The van der Waals surface area contributed by atoms with E-state index in [9.17, 15) is 0 Å². The van der Waals surface area contributed by atoms with Crippen molar-refractivity contribution in [3.8, 4) is 0 Å². The molecule has 0 spiro atoms. The normalized spacial score (nSPS) is 14.5. The standard InChI is InChI=1S/C9H9N/c1-3-5-9-7-4-6-8(2)10-9/h3,6H,1,5H2,2H3. The van der Waals surface area contributed by atoms with E-state index in [1.54, 1.807) is 0 Å². The summed E-state index contributed by atoms with van der Waals surface area (Å²) in [5.74, 6) is 0. The van der Waals surface area contributed by atoms with E-state index in [0.29, 0.717) is 0 Å². The van der Waals surface area contributed by atoms with Crippen LogP contribution >= 0.6 is 0 Å². The van der Waals surface area contributed by atoms with Crippen LogP contribution in [0.1, 0.15) is 13.3 Å². The summed E-state index contributed by atoms with van der Waals surface area (Å²) >= 11 is 0. The molecule has 1 nitrogen and oxygen atoms in total. The smallest absolute Gasteiger partial charge is 0.0943 e. The van der Waals surface area contributed by atoms with Crippen LogP contribution < -0.4 is 0 Å². The molecule has 0 fully saturated rings. The molecule has 0 aromatic rings. The summed E-state index contributed by atoms with van der Waals surface area (Å²) in [6.07, 6.45) is 4.40. The summed E-state index contributed by atoms with van der Waals surface area (Å²) in [5, 5.41) is 0. The Morgan fingerprint density at radius 3 is 3.20 bits per heavy atom. The highest BCUT2D eigenvalue weighted by atomic mass is 14.7. The van der Waals surface area contributed by atoms with Gasteiger partial charge < -0.3 is 0 Å². The maximum atomic E-state index is 4.20. The van der Waals surface area contributed by atoms with Crippen molar-refractivity contribution in [2.24, 2.45) is 4.99 Å². The highest BCUT2D eigenvalue weighted by Gasteiger charge is 1.92. The molecule has 0 radical (unpaired) electrons. The highest BCUT2D eigenvalue weighted by molar-refractivity contribution is 5.93. The van der Waals surface area contributed by atoms with Crippen molar-refractivity contribution in [1.82, 2.24) is 0 Å². The number of hydrogen-bond acceptors (Lipinski definition) is 1. The topological polar surface area (TPSA) is 12.4 Å². The second kappa shape index (κ2) is 3.03. The predicted molar refractivity (Wildman–Crippen MR) is 43.0 cm³/mol. The quantitative estimate of drug-likeness (QED) is 0.402. The maximum Gasteiger partial charge on any atom is 0.0943 e. The van der Waals surface area contributed by atoms with Crippen LogP contribution in [0.3, 0.4) is 0 Å².